The Morgan fingerprint density at radius 2 is 2.25 bits per heavy atom. The van der Waals surface area contributed by atoms with Crippen molar-refractivity contribution in [3.63, 3.8) is 0 Å². The molecule has 0 aromatic rings. The standard InChI is InChI=1S/C9H16N2O/c1-6-3-11-8(12)9(2)5-10-4-7(6)9/h6-7,10H,3-5H2,1-2H3,(H,11,12)/t6?,7-,9-/m1/s1. The van der Waals surface area contributed by atoms with Gasteiger partial charge in [0.1, 0.15) is 0 Å². The summed E-state index contributed by atoms with van der Waals surface area (Å²) in [6, 6.07) is 0. The number of carbonyl (C=O) groups is 1. The lowest BCUT2D eigenvalue weighted by Crippen LogP contribution is -2.53. The Morgan fingerprint density at radius 1 is 1.50 bits per heavy atom. The van der Waals surface area contributed by atoms with Crippen LogP contribution in [0.2, 0.25) is 0 Å². The first kappa shape index (κ1) is 8.05. The molecule has 2 aliphatic heterocycles. The van der Waals surface area contributed by atoms with Gasteiger partial charge in [-0.15, -0.1) is 0 Å². The van der Waals surface area contributed by atoms with E-state index in [2.05, 4.69) is 24.5 Å². The molecule has 2 N–H and O–H groups in total. The average molecular weight is 168 g/mol. The van der Waals surface area contributed by atoms with Gasteiger partial charge in [-0.1, -0.05) is 6.92 Å². The SMILES string of the molecule is CC1CNC(=O)[C@]2(C)CNC[C@H]12. The molecule has 0 saturated carbocycles. The molecular weight excluding hydrogens is 152 g/mol. The van der Waals surface area contributed by atoms with Gasteiger partial charge in [0.25, 0.3) is 0 Å². The zero-order chi connectivity index (χ0) is 8.77. The lowest BCUT2D eigenvalue weighted by atomic mass is 9.70. The van der Waals surface area contributed by atoms with Crippen molar-refractivity contribution in [3.05, 3.63) is 0 Å². The van der Waals surface area contributed by atoms with Gasteiger partial charge in [0.15, 0.2) is 0 Å². The summed E-state index contributed by atoms with van der Waals surface area (Å²) in [5.74, 6) is 1.38. The molecule has 1 amide bonds. The van der Waals surface area contributed by atoms with E-state index < -0.39 is 0 Å². The van der Waals surface area contributed by atoms with Gasteiger partial charge < -0.3 is 10.6 Å². The summed E-state index contributed by atoms with van der Waals surface area (Å²) in [5.41, 5.74) is -0.141. The maximum atomic E-state index is 11.6. The molecule has 3 heteroatoms. The van der Waals surface area contributed by atoms with E-state index in [0.717, 1.165) is 19.6 Å². The van der Waals surface area contributed by atoms with Crippen molar-refractivity contribution in [3.8, 4) is 0 Å². The van der Waals surface area contributed by atoms with Crippen LogP contribution >= 0.6 is 0 Å². The minimum atomic E-state index is -0.141. The predicted molar refractivity (Wildman–Crippen MR) is 46.6 cm³/mol. The number of hydrogen-bond donors (Lipinski definition) is 2. The van der Waals surface area contributed by atoms with Crippen molar-refractivity contribution in [1.29, 1.82) is 0 Å². The number of hydrogen-bond acceptors (Lipinski definition) is 2. The number of rotatable bonds is 0. The van der Waals surface area contributed by atoms with Gasteiger partial charge in [0.2, 0.25) is 5.91 Å². The van der Waals surface area contributed by atoms with Gasteiger partial charge in [-0.25, -0.2) is 0 Å². The largest absolute Gasteiger partial charge is 0.355 e. The molecule has 12 heavy (non-hydrogen) atoms. The second kappa shape index (κ2) is 2.46. The minimum Gasteiger partial charge on any atom is -0.355 e. The van der Waals surface area contributed by atoms with Crippen LogP contribution in [0.5, 0.6) is 0 Å². The molecule has 2 fully saturated rings. The monoisotopic (exact) mass is 168 g/mol. The fraction of sp³-hybridized carbons (Fsp3) is 0.889. The van der Waals surface area contributed by atoms with E-state index in [4.69, 9.17) is 0 Å². The van der Waals surface area contributed by atoms with Gasteiger partial charge in [0.05, 0.1) is 5.41 Å². The third-order valence-electron chi connectivity index (χ3n) is 3.47. The lowest BCUT2D eigenvalue weighted by molar-refractivity contribution is -0.135. The van der Waals surface area contributed by atoms with E-state index in [1.165, 1.54) is 0 Å². The molecule has 2 saturated heterocycles. The van der Waals surface area contributed by atoms with Crippen LogP contribution in [0.1, 0.15) is 13.8 Å². The highest BCUT2D eigenvalue weighted by atomic mass is 16.2. The average Bonchev–Trinajstić information content (AvgIpc) is 2.42. The van der Waals surface area contributed by atoms with E-state index in [1.54, 1.807) is 0 Å². The van der Waals surface area contributed by atoms with Crippen LogP contribution in [0.4, 0.5) is 0 Å². The van der Waals surface area contributed by atoms with Gasteiger partial charge in [-0.05, 0) is 25.3 Å². The summed E-state index contributed by atoms with van der Waals surface area (Å²) in [7, 11) is 0. The first-order valence-corrected chi connectivity index (χ1v) is 4.63. The van der Waals surface area contributed by atoms with Gasteiger partial charge in [0, 0.05) is 13.1 Å². The fourth-order valence-electron chi connectivity index (χ4n) is 2.52. The summed E-state index contributed by atoms with van der Waals surface area (Å²) in [6.07, 6.45) is 0. The van der Waals surface area contributed by atoms with Crippen molar-refractivity contribution in [2.24, 2.45) is 17.3 Å². The van der Waals surface area contributed by atoms with Crippen LogP contribution in [0.15, 0.2) is 0 Å². The minimum absolute atomic E-state index is 0.141. The zero-order valence-electron chi connectivity index (χ0n) is 7.68. The Balaban J connectivity index is 2.27. The Kier molecular flexibility index (Phi) is 1.65. The number of fused-ring (bicyclic) bond motifs is 1. The number of carbonyl (C=O) groups excluding carboxylic acids is 1. The Hall–Kier alpha value is -0.570. The van der Waals surface area contributed by atoms with Crippen molar-refractivity contribution >= 4 is 5.91 Å². The van der Waals surface area contributed by atoms with Gasteiger partial charge in [-0.3, -0.25) is 4.79 Å². The topological polar surface area (TPSA) is 41.1 Å². The Morgan fingerprint density at radius 3 is 2.92 bits per heavy atom. The molecule has 68 valence electrons. The Labute approximate surface area is 72.9 Å². The molecule has 2 aliphatic rings. The second-order valence-electron chi connectivity index (χ2n) is 4.34. The first-order valence-electron chi connectivity index (χ1n) is 4.63. The van der Waals surface area contributed by atoms with Crippen LogP contribution in [0, 0.1) is 17.3 Å². The highest BCUT2D eigenvalue weighted by molar-refractivity contribution is 5.84. The first-order chi connectivity index (χ1) is 5.64. The Bertz CT molecular complexity index is 217. The second-order valence-corrected chi connectivity index (χ2v) is 4.34. The zero-order valence-corrected chi connectivity index (χ0v) is 7.68. The van der Waals surface area contributed by atoms with Crippen LogP contribution in [0.3, 0.4) is 0 Å². The summed E-state index contributed by atoms with van der Waals surface area (Å²) in [5, 5.41) is 6.27. The molecule has 0 aromatic heterocycles. The molecule has 0 radical (unpaired) electrons. The van der Waals surface area contributed by atoms with Crippen molar-refractivity contribution in [2.45, 2.75) is 13.8 Å². The summed E-state index contributed by atoms with van der Waals surface area (Å²) in [6.45, 7) is 6.98. The smallest absolute Gasteiger partial charge is 0.227 e. The molecule has 0 bridgehead atoms. The van der Waals surface area contributed by atoms with E-state index in [1.807, 2.05) is 0 Å². The summed E-state index contributed by atoms with van der Waals surface area (Å²) < 4.78 is 0. The quantitative estimate of drug-likeness (QED) is 0.533. The molecule has 3 atom stereocenters. The fourth-order valence-corrected chi connectivity index (χ4v) is 2.52. The number of nitrogens with one attached hydrogen (secondary N) is 2. The van der Waals surface area contributed by atoms with Gasteiger partial charge in [-0.2, -0.15) is 0 Å². The summed E-state index contributed by atoms with van der Waals surface area (Å²) in [4.78, 5) is 11.6. The third kappa shape index (κ3) is 0.891. The molecular formula is C9H16N2O. The van der Waals surface area contributed by atoms with Crippen LogP contribution < -0.4 is 10.6 Å². The van der Waals surface area contributed by atoms with Crippen molar-refractivity contribution in [1.82, 2.24) is 10.6 Å². The third-order valence-corrected chi connectivity index (χ3v) is 3.47. The highest BCUT2D eigenvalue weighted by Crippen LogP contribution is 2.38. The van der Waals surface area contributed by atoms with Crippen molar-refractivity contribution in [2.75, 3.05) is 19.6 Å². The molecule has 0 aliphatic carbocycles. The van der Waals surface area contributed by atoms with E-state index in [-0.39, 0.29) is 11.3 Å². The molecule has 2 heterocycles. The van der Waals surface area contributed by atoms with Crippen LogP contribution in [-0.4, -0.2) is 25.5 Å². The van der Waals surface area contributed by atoms with Crippen LogP contribution in [0.25, 0.3) is 0 Å². The van der Waals surface area contributed by atoms with Crippen LogP contribution in [-0.2, 0) is 4.79 Å². The lowest BCUT2D eigenvalue weighted by Gasteiger charge is -2.38. The predicted octanol–water partition coefficient (Wildman–Crippen LogP) is -0.0220. The highest BCUT2D eigenvalue weighted by Gasteiger charge is 2.49. The normalized spacial score (nSPS) is 47.0. The maximum Gasteiger partial charge on any atom is 0.227 e. The van der Waals surface area contributed by atoms with E-state index >= 15 is 0 Å². The van der Waals surface area contributed by atoms with E-state index in [9.17, 15) is 4.79 Å². The molecule has 1 unspecified atom stereocenters. The van der Waals surface area contributed by atoms with Crippen molar-refractivity contribution < 1.29 is 4.79 Å². The number of amides is 1. The maximum absolute atomic E-state index is 11.6. The molecule has 0 spiro atoms. The molecule has 3 nitrogen and oxygen atoms in total. The summed E-state index contributed by atoms with van der Waals surface area (Å²) >= 11 is 0. The van der Waals surface area contributed by atoms with Gasteiger partial charge >= 0.3 is 0 Å². The van der Waals surface area contributed by atoms with E-state index in [0.29, 0.717) is 11.8 Å². The number of piperidine rings is 1. The molecule has 0 aromatic carbocycles. The molecule has 2 rings (SSSR count).